The predicted molar refractivity (Wildman–Crippen MR) is 100 cm³/mol. The normalized spacial score (nSPS) is 12.6. The summed E-state index contributed by atoms with van der Waals surface area (Å²) in [5.41, 5.74) is -0.206. The first-order valence-electron chi connectivity index (χ1n) is 8.13. The lowest BCUT2D eigenvalue weighted by Crippen LogP contribution is -2.47. The van der Waals surface area contributed by atoms with Crippen LogP contribution in [0.5, 0.6) is 0 Å². The molecule has 2 aromatic rings. The van der Waals surface area contributed by atoms with E-state index in [0.29, 0.717) is 10.0 Å². The van der Waals surface area contributed by atoms with Gasteiger partial charge in [0.05, 0.1) is 11.1 Å². The minimum absolute atomic E-state index is 0.216. The first-order chi connectivity index (χ1) is 12.6. The molecule has 0 aromatic heterocycles. The number of carbonyl (C=O) groups is 2. The van der Waals surface area contributed by atoms with Crippen molar-refractivity contribution in [2.24, 2.45) is 5.92 Å². The van der Waals surface area contributed by atoms with E-state index in [1.807, 2.05) is 0 Å². The number of alkyl halides is 3. The molecule has 2 N–H and O–H groups in total. The highest BCUT2D eigenvalue weighted by molar-refractivity contribution is 9.10. The fraction of sp³-hybridized carbons (Fsp3) is 0.263. The minimum atomic E-state index is -4.44. The molecule has 0 fully saturated rings. The van der Waals surface area contributed by atoms with Crippen LogP contribution in [0.3, 0.4) is 0 Å². The molecule has 1 atom stereocenters. The molecule has 4 nitrogen and oxygen atoms in total. The van der Waals surface area contributed by atoms with Crippen molar-refractivity contribution in [2.45, 2.75) is 26.1 Å². The van der Waals surface area contributed by atoms with Gasteiger partial charge in [0.15, 0.2) is 0 Å². The standard InChI is InChI=1S/C19H18BrF3N2O2/c1-11(2)16(25-17(26)14-5-3-4-6-15(14)20)18(27)24-13-9-7-12(8-10-13)19(21,22)23/h3-11,16H,1-2H3,(H,24,27)(H,25,26). The fourth-order valence-electron chi connectivity index (χ4n) is 2.36. The van der Waals surface area contributed by atoms with E-state index in [9.17, 15) is 22.8 Å². The monoisotopic (exact) mass is 442 g/mol. The molecule has 0 saturated carbocycles. The lowest BCUT2D eigenvalue weighted by Gasteiger charge is -2.22. The molecule has 2 aromatic carbocycles. The molecule has 0 saturated heterocycles. The van der Waals surface area contributed by atoms with E-state index in [-0.39, 0.29) is 11.6 Å². The van der Waals surface area contributed by atoms with Gasteiger partial charge in [-0.15, -0.1) is 0 Å². The van der Waals surface area contributed by atoms with Crippen molar-refractivity contribution < 1.29 is 22.8 Å². The Morgan fingerprint density at radius 1 is 1.00 bits per heavy atom. The van der Waals surface area contributed by atoms with Crippen LogP contribution in [-0.4, -0.2) is 17.9 Å². The van der Waals surface area contributed by atoms with Gasteiger partial charge in [-0.2, -0.15) is 13.2 Å². The maximum absolute atomic E-state index is 12.6. The molecule has 0 aliphatic carbocycles. The molecule has 8 heteroatoms. The van der Waals surface area contributed by atoms with E-state index in [4.69, 9.17) is 0 Å². The van der Waals surface area contributed by atoms with Crippen molar-refractivity contribution in [1.82, 2.24) is 5.32 Å². The van der Waals surface area contributed by atoms with Gasteiger partial charge in [-0.25, -0.2) is 0 Å². The Bertz CT molecular complexity index is 820. The number of hydrogen-bond donors (Lipinski definition) is 2. The zero-order valence-electron chi connectivity index (χ0n) is 14.6. The summed E-state index contributed by atoms with van der Waals surface area (Å²) >= 11 is 3.28. The molecule has 144 valence electrons. The third-order valence-electron chi connectivity index (χ3n) is 3.83. The van der Waals surface area contributed by atoms with Gasteiger partial charge in [0, 0.05) is 10.2 Å². The van der Waals surface area contributed by atoms with E-state index in [2.05, 4.69) is 26.6 Å². The van der Waals surface area contributed by atoms with Crippen molar-refractivity contribution in [3.8, 4) is 0 Å². The van der Waals surface area contributed by atoms with Gasteiger partial charge in [0.25, 0.3) is 5.91 Å². The summed E-state index contributed by atoms with van der Waals surface area (Å²) < 4.78 is 38.4. The molecule has 0 radical (unpaired) electrons. The zero-order valence-corrected chi connectivity index (χ0v) is 16.2. The average molecular weight is 443 g/mol. The maximum Gasteiger partial charge on any atom is 0.416 e. The highest BCUT2D eigenvalue weighted by Gasteiger charge is 2.30. The van der Waals surface area contributed by atoms with Crippen LogP contribution in [0, 0.1) is 5.92 Å². The first kappa shape index (κ1) is 21.0. The summed E-state index contributed by atoms with van der Waals surface area (Å²) in [6.07, 6.45) is -4.44. The van der Waals surface area contributed by atoms with Crippen LogP contribution in [0.25, 0.3) is 0 Å². The van der Waals surface area contributed by atoms with Gasteiger partial charge < -0.3 is 10.6 Å². The van der Waals surface area contributed by atoms with Crippen molar-refractivity contribution in [3.63, 3.8) is 0 Å². The minimum Gasteiger partial charge on any atom is -0.340 e. The third-order valence-corrected chi connectivity index (χ3v) is 4.53. The van der Waals surface area contributed by atoms with Gasteiger partial charge in [-0.05, 0) is 58.2 Å². The number of nitrogens with one attached hydrogen (secondary N) is 2. The van der Waals surface area contributed by atoms with Crippen molar-refractivity contribution in [2.75, 3.05) is 5.32 Å². The predicted octanol–water partition coefficient (Wildman–Crippen LogP) is 4.86. The number of rotatable bonds is 5. The summed E-state index contributed by atoms with van der Waals surface area (Å²) in [5.74, 6) is -1.17. The second-order valence-electron chi connectivity index (χ2n) is 6.24. The third kappa shape index (κ3) is 5.56. The maximum atomic E-state index is 12.6. The van der Waals surface area contributed by atoms with Crippen LogP contribution >= 0.6 is 15.9 Å². The number of halogens is 4. The highest BCUT2D eigenvalue weighted by atomic mass is 79.9. The Balaban J connectivity index is 2.11. The van der Waals surface area contributed by atoms with Crippen molar-refractivity contribution >= 4 is 33.4 Å². The van der Waals surface area contributed by atoms with Gasteiger partial charge in [-0.1, -0.05) is 26.0 Å². The molecule has 0 aliphatic heterocycles. The summed E-state index contributed by atoms with van der Waals surface area (Å²) in [6, 6.07) is 10.1. The van der Waals surface area contributed by atoms with E-state index >= 15 is 0 Å². The average Bonchev–Trinajstić information content (AvgIpc) is 2.59. The second kappa shape index (κ2) is 8.56. The number of amides is 2. The summed E-state index contributed by atoms with van der Waals surface area (Å²) in [7, 11) is 0. The van der Waals surface area contributed by atoms with E-state index in [1.54, 1.807) is 38.1 Å². The van der Waals surface area contributed by atoms with Gasteiger partial charge in [0.2, 0.25) is 5.91 Å². The van der Waals surface area contributed by atoms with Crippen LogP contribution in [0.4, 0.5) is 18.9 Å². The molecular formula is C19H18BrF3N2O2. The summed E-state index contributed by atoms with van der Waals surface area (Å²) in [4.78, 5) is 25.0. The van der Waals surface area contributed by atoms with Crippen LogP contribution in [0.15, 0.2) is 53.0 Å². The fourth-order valence-corrected chi connectivity index (χ4v) is 2.83. The van der Waals surface area contributed by atoms with Crippen LogP contribution in [-0.2, 0) is 11.0 Å². The number of carbonyl (C=O) groups excluding carboxylic acids is 2. The number of anilines is 1. The van der Waals surface area contributed by atoms with Gasteiger partial charge >= 0.3 is 6.18 Å². The van der Waals surface area contributed by atoms with Crippen LogP contribution < -0.4 is 10.6 Å². The van der Waals surface area contributed by atoms with Crippen LogP contribution in [0.2, 0.25) is 0 Å². The summed E-state index contributed by atoms with van der Waals surface area (Å²) in [6.45, 7) is 3.52. The van der Waals surface area contributed by atoms with Crippen molar-refractivity contribution in [3.05, 3.63) is 64.1 Å². The van der Waals surface area contributed by atoms with Gasteiger partial charge in [0.1, 0.15) is 6.04 Å². The van der Waals surface area contributed by atoms with E-state index in [0.717, 1.165) is 12.1 Å². The SMILES string of the molecule is CC(C)C(NC(=O)c1ccccc1Br)C(=O)Nc1ccc(C(F)(F)F)cc1. The Morgan fingerprint density at radius 3 is 2.11 bits per heavy atom. The molecular weight excluding hydrogens is 425 g/mol. The van der Waals surface area contributed by atoms with E-state index in [1.165, 1.54) is 12.1 Å². The van der Waals surface area contributed by atoms with Crippen LogP contribution in [0.1, 0.15) is 29.8 Å². The zero-order chi connectivity index (χ0) is 20.2. The molecule has 0 bridgehead atoms. The molecule has 27 heavy (non-hydrogen) atoms. The number of benzene rings is 2. The lowest BCUT2D eigenvalue weighted by molar-refractivity contribution is -0.137. The van der Waals surface area contributed by atoms with Gasteiger partial charge in [-0.3, -0.25) is 9.59 Å². The topological polar surface area (TPSA) is 58.2 Å². The largest absolute Gasteiger partial charge is 0.416 e. The quantitative estimate of drug-likeness (QED) is 0.694. The summed E-state index contributed by atoms with van der Waals surface area (Å²) in [5, 5.41) is 5.21. The smallest absolute Gasteiger partial charge is 0.340 e. The lowest BCUT2D eigenvalue weighted by atomic mass is 10.0. The Labute approximate surface area is 163 Å². The molecule has 0 spiro atoms. The van der Waals surface area contributed by atoms with Crippen molar-refractivity contribution in [1.29, 1.82) is 0 Å². The Kier molecular flexibility index (Phi) is 6.64. The Morgan fingerprint density at radius 2 is 1.59 bits per heavy atom. The molecule has 0 heterocycles. The first-order valence-corrected chi connectivity index (χ1v) is 8.92. The molecule has 0 aliphatic rings. The number of hydrogen-bond acceptors (Lipinski definition) is 2. The Hall–Kier alpha value is -2.35. The molecule has 1 unspecified atom stereocenters. The van der Waals surface area contributed by atoms with E-state index < -0.39 is 29.6 Å². The molecule has 2 rings (SSSR count). The second-order valence-corrected chi connectivity index (χ2v) is 7.09. The molecule has 2 amide bonds. The highest BCUT2D eigenvalue weighted by Crippen LogP contribution is 2.29.